The molecule has 0 heterocycles. The van der Waals surface area contributed by atoms with Crippen molar-refractivity contribution in [2.45, 2.75) is 31.3 Å². The summed E-state index contributed by atoms with van der Waals surface area (Å²) in [5.74, 6) is 0. The zero-order valence-electron chi connectivity index (χ0n) is 8.37. The lowest BCUT2D eigenvalue weighted by molar-refractivity contribution is 0.0615. The van der Waals surface area contributed by atoms with Gasteiger partial charge in [0, 0.05) is 12.2 Å². The van der Waals surface area contributed by atoms with E-state index in [9.17, 15) is 5.11 Å². The van der Waals surface area contributed by atoms with E-state index in [4.69, 9.17) is 0 Å². The van der Waals surface area contributed by atoms with Gasteiger partial charge < -0.3 is 10.4 Å². The Balaban J connectivity index is 1.88. The molecule has 76 valence electrons. The van der Waals surface area contributed by atoms with Crippen LogP contribution in [0.15, 0.2) is 30.3 Å². The molecule has 0 bridgehead atoms. The monoisotopic (exact) mass is 191 g/mol. The van der Waals surface area contributed by atoms with Crippen molar-refractivity contribution in [1.82, 2.24) is 0 Å². The number of nitrogens with one attached hydrogen (secondary N) is 1. The molecule has 2 N–H and O–H groups in total. The van der Waals surface area contributed by atoms with Crippen LogP contribution in [0.4, 0.5) is 5.69 Å². The van der Waals surface area contributed by atoms with E-state index >= 15 is 0 Å². The normalized spacial score (nSPS) is 19.5. The van der Waals surface area contributed by atoms with E-state index in [0.29, 0.717) is 6.54 Å². The molecule has 0 amide bonds. The van der Waals surface area contributed by atoms with Gasteiger partial charge in [0.1, 0.15) is 0 Å². The molecule has 1 saturated carbocycles. The van der Waals surface area contributed by atoms with Crippen molar-refractivity contribution in [3.8, 4) is 0 Å². The first kappa shape index (κ1) is 9.53. The molecule has 0 aromatic heterocycles. The Morgan fingerprint density at radius 2 is 1.79 bits per heavy atom. The minimum absolute atomic E-state index is 0.462. The molecular weight excluding hydrogens is 174 g/mol. The number of anilines is 1. The van der Waals surface area contributed by atoms with Gasteiger partial charge in [0.05, 0.1) is 5.60 Å². The van der Waals surface area contributed by atoms with Crippen molar-refractivity contribution in [1.29, 1.82) is 0 Å². The highest BCUT2D eigenvalue weighted by Gasteiger charge is 2.30. The topological polar surface area (TPSA) is 32.3 Å². The Morgan fingerprint density at radius 1 is 1.14 bits per heavy atom. The van der Waals surface area contributed by atoms with Crippen LogP contribution in [-0.4, -0.2) is 17.3 Å². The van der Waals surface area contributed by atoms with Crippen LogP contribution < -0.4 is 5.32 Å². The summed E-state index contributed by atoms with van der Waals surface area (Å²) in [7, 11) is 0. The summed E-state index contributed by atoms with van der Waals surface area (Å²) in [6.07, 6.45) is 4.19. The van der Waals surface area contributed by atoms with Crippen LogP contribution in [0.5, 0.6) is 0 Å². The van der Waals surface area contributed by atoms with Crippen LogP contribution >= 0.6 is 0 Å². The van der Waals surface area contributed by atoms with E-state index in [0.717, 1.165) is 31.4 Å². The zero-order chi connectivity index (χ0) is 9.86. The second-order valence-corrected chi connectivity index (χ2v) is 4.15. The minimum Gasteiger partial charge on any atom is -0.388 e. The van der Waals surface area contributed by atoms with Crippen molar-refractivity contribution in [2.24, 2.45) is 0 Å². The second-order valence-electron chi connectivity index (χ2n) is 4.15. The Bertz CT molecular complexity index is 278. The minimum atomic E-state index is -0.462. The van der Waals surface area contributed by atoms with E-state index in [-0.39, 0.29) is 0 Å². The first-order valence-electron chi connectivity index (χ1n) is 5.30. The third-order valence-electron chi connectivity index (χ3n) is 2.93. The van der Waals surface area contributed by atoms with Gasteiger partial charge in [0.25, 0.3) is 0 Å². The molecule has 0 aliphatic heterocycles. The number of aliphatic hydroxyl groups is 1. The molecule has 14 heavy (non-hydrogen) atoms. The SMILES string of the molecule is OC1(CNc2ccccc2)CCCC1. The molecule has 1 aromatic carbocycles. The summed E-state index contributed by atoms with van der Waals surface area (Å²) in [6.45, 7) is 0.678. The van der Waals surface area contributed by atoms with Gasteiger partial charge in [-0.25, -0.2) is 0 Å². The predicted molar refractivity (Wildman–Crippen MR) is 58.3 cm³/mol. The lowest BCUT2D eigenvalue weighted by atomic mass is 10.0. The highest BCUT2D eigenvalue weighted by Crippen LogP contribution is 2.29. The van der Waals surface area contributed by atoms with Crippen molar-refractivity contribution < 1.29 is 5.11 Å². The van der Waals surface area contributed by atoms with Crippen LogP contribution in [0.2, 0.25) is 0 Å². The van der Waals surface area contributed by atoms with Gasteiger partial charge in [-0.3, -0.25) is 0 Å². The third-order valence-corrected chi connectivity index (χ3v) is 2.93. The average Bonchev–Trinajstić information content (AvgIpc) is 2.65. The molecule has 0 atom stereocenters. The Morgan fingerprint density at radius 3 is 2.43 bits per heavy atom. The highest BCUT2D eigenvalue weighted by molar-refractivity contribution is 5.42. The van der Waals surface area contributed by atoms with Crippen LogP contribution in [0, 0.1) is 0 Å². The van der Waals surface area contributed by atoms with E-state index in [1.54, 1.807) is 0 Å². The fraction of sp³-hybridized carbons (Fsp3) is 0.500. The molecule has 2 nitrogen and oxygen atoms in total. The fourth-order valence-corrected chi connectivity index (χ4v) is 2.03. The Labute approximate surface area is 85.0 Å². The van der Waals surface area contributed by atoms with Crippen molar-refractivity contribution in [3.05, 3.63) is 30.3 Å². The Kier molecular flexibility index (Phi) is 2.73. The van der Waals surface area contributed by atoms with Crippen molar-refractivity contribution in [3.63, 3.8) is 0 Å². The molecular formula is C12H17NO. The lowest BCUT2D eigenvalue weighted by Gasteiger charge is -2.22. The van der Waals surface area contributed by atoms with Gasteiger partial charge in [-0.15, -0.1) is 0 Å². The number of hydrogen-bond acceptors (Lipinski definition) is 2. The molecule has 2 heteroatoms. The first-order valence-corrected chi connectivity index (χ1v) is 5.30. The molecule has 1 aromatic rings. The standard InChI is InChI=1S/C12H17NO/c14-12(8-4-5-9-12)10-13-11-6-2-1-3-7-11/h1-3,6-7,13-14H,4-5,8-10H2. The Hall–Kier alpha value is -1.02. The first-order chi connectivity index (χ1) is 6.79. The lowest BCUT2D eigenvalue weighted by Crippen LogP contribution is -2.33. The summed E-state index contributed by atoms with van der Waals surface area (Å²) < 4.78 is 0. The van der Waals surface area contributed by atoms with Gasteiger partial charge in [-0.1, -0.05) is 31.0 Å². The van der Waals surface area contributed by atoms with Gasteiger partial charge in [-0.2, -0.15) is 0 Å². The second kappa shape index (κ2) is 4.01. The van der Waals surface area contributed by atoms with E-state index in [1.807, 2.05) is 30.3 Å². The van der Waals surface area contributed by atoms with Crippen LogP contribution in [0.3, 0.4) is 0 Å². The number of hydrogen-bond donors (Lipinski definition) is 2. The maximum absolute atomic E-state index is 10.1. The average molecular weight is 191 g/mol. The van der Waals surface area contributed by atoms with Crippen LogP contribution in [0.25, 0.3) is 0 Å². The molecule has 1 aliphatic rings. The van der Waals surface area contributed by atoms with Gasteiger partial charge >= 0.3 is 0 Å². The zero-order valence-corrected chi connectivity index (χ0v) is 8.37. The van der Waals surface area contributed by atoms with Crippen molar-refractivity contribution >= 4 is 5.69 Å². The predicted octanol–water partition coefficient (Wildman–Crippen LogP) is 2.40. The number of rotatable bonds is 3. The molecule has 1 fully saturated rings. The van der Waals surface area contributed by atoms with E-state index in [2.05, 4.69) is 5.32 Å². The summed E-state index contributed by atoms with van der Waals surface area (Å²) in [5.41, 5.74) is 0.628. The van der Waals surface area contributed by atoms with Gasteiger partial charge in [-0.05, 0) is 25.0 Å². The van der Waals surface area contributed by atoms with Gasteiger partial charge in [0.2, 0.25) is 0 Å². The van der Waals surface area contributed by atoms with E-state index in [1.165, 1.54) is 0 Å². The largest absolute Gasteiger partial charge is 0.388 e. The van der Waals surface area contributed by atoms with Gasteiger partial charge in [0.15, 0.2) is 0 Å². The molecule has 2 rings (SSSR count). The summed E-state index contributed by atoms with van der Waals surface area (Å²) in [5, 5.41) is 13.4. The third kappa shape index (κ3) is 2.26. The number of para-hydroxylation sites is 1. The van der Waals surface area contributed by atoms with Crippen LogP contribution in [0.1, 0.15) is 25.7 Å². The molecule has 0 spiro atoms. The van der Waals surface area contributed by atoms with E-state index < -0.39 is 5.60 Å². The molecule has 0 saturated heterocycles. The smallest absolute Gasteiger partial charge is 0.0819 e. The summed E-state index contributed by atoms with van der Waals surface area (Å²) >= 11 is 0. The maximum Gasteiger partial charge on any atom is 0.0819 e. The highest BCUT2D eigenvalue weighted by atomic mass is 16.3. The molecule has 0 radical (unpaired) electrons. The molecule has 0 unspecified atom stereocenters. The number of benzene rings is 1. The quantitative estimate of drug-likeness (QED) is 0.769. The summed E-state index contributed by atoms with van der Waals surface area (Å²) in [6, 6.07) is 10.0. The fourth-order valence-electron chi connectivity index (χ4n) is 2.03. The molecule has 1 aliphatic carbocycles. The summed E-state index contributed by atoms with van der Waals surface area (Å²) in [4.78, 5) is 0. The van der Waals surface area contributed by atoms with Crippen molar-refractivity contribution in [2.75, 3.05) is 11.9 Å². The maximum atomic E-state index is 10.1. The van der Waals surface area contributed by atoms with Crippen LogP contribution in [-0.2, 0) is 0 Å².